The quantitative estimate of drug-likeness (QED) is 0.745. The number of nitrogens with zero attached hydrogens (tertiary/aromatic N) is 3. The summed E-state index contributed by atoms with van der Waals surface area (Å²) >= 11 is 0. The monoisotopic (exact) mass is 421 g/mol. The molecule has 0 aromatic heterocycles. The van der Waals surface area contributed by atoms with Crippen LogP contribution < -0.4 is 9.64 Å². The van der Waals surface area contributed by atoms with Gasteiger partial charge >= 0.3 is 0 Å². The van der Waals surface area contributed by atoms with Crippen molar-refractivity contribution < 1.29 is 14.3 Å². The molecule has 0 radical (unpaired) electrons. The molecule has 0 aliphatic carbocycles. The maximum Gasteiger partial charge on any atom is 0.226 e. The summed E-state index contributed by atoms with van der Waals surface area (Å²) < 4.78 is 5.23. The molecule has 2 aromatic rings. The molecule has 2 fully saturated rings. The van der Waals surface area contributed by atoms with E-state index in [1.165, 1.54) is 0 Å². The summed E-state index contributed by atoms with van der Waals surface area (Å²) in [5.74, 6) is 1.30. The number of carbonyl (C=O) groups excluding carboxylic acids is 2. The molecule has 0 unspecified atom stereocenters. The third-order valence-electron chi connectivity index (χ3n) is 6.42. The van der Waals surface area contributed by atoms with E-state index in [1.54, 1.807) is 7.11 Å². The molecule has 6 heteroatoms. The van der Waals surface area contributed by atoms with Gasteiger partial charge < -0.3 is 19.4 Å². The number of likely N-dealkylation sites (tertiary alicyclic amines) is 1. The predicted molar refractivity (Wildman–Crippen MR) is 121 cm³/mol. The first kappa shape index (κ1) is 21.2. The zero-order chi connectivity index (χ0) is 21.6. The van der Waals surface area contributed by atoms with Crippen molar-refractivity contribution in [1.82, 2.24) is 9.80 Å². The average molecular weight is 422 g/mol. The SMILES string of the molecule is COc1ccc(N2CCN(C(=O)C3CCN(C(=O)Cc4ccccc4)CC3)CC2)cc1. The van der Waals surface area contributed by atoms with Crippen molar-refractivity contribution in [1.29, 1.82) is 0 Å². The van der Waals surface area contributed by atoms with Crippen LogP contribution >= 0.6 is 0 Å². The zero-order valence-electron chi connectivity index (χ0n) is 18.2. The smallest absolute Gasteiger partial charge is 0.226 e. The Bertz CT molecular complexity index is 869. The largest absolute Gasteiger partial charge is 0.497 e. The van der Waals surface area contributed by atoms with E-state index in [1.807, 2.05) is 52.3 Å². The van der Waals surface area contributed by atoms with Gasteiger partial charge in [0.2, 0.25) is 11.8 Å². The average Bonchev–Trinajstić information content (AvgIpc) is 2.84. The Morgan fingerprint density at radius 2 is 1.48 bits per heavy atom. The number of hydrogen-bond donors (Lipinski definition) is 0. The molecular formula is C25H31N3O3. The third-order valence-corrected chi connectivity index (χ3v) is 6.42. The number of benzene rings is 2. The van der Waals surface area contributed by atoms with Crippen molar-refractivity contribution in [3.8, 4) is 5.75 Å². The van der Waals surface area contributed by atoms with Crippen LogP contribution in [0.3, 0.4) is 0 Å². The molecule has 6 nitrogen and oxygen atoms in total. The van der Waals surface area contributed by atoms with Gasteiger partial charge in [0.15, 0.2) is 0 Å². The van der Waals surface area contributed by atoms with Crippen molar-refractivity contribution in [3.63, 3.8) is 0 Å². The molecule has 2 aliphatic heterocycles. The lowest BCUT2D eigenvalue weighted by atomic mass is 9.94. The number of ether oxygens (including phenoxy) is 1. The van der Waals surface area contributed by atoms with E-state index in [2.05, 4.69) is 17.0 Å². The molecule has 0 bridgehead atoms. The highest BCUT2D eigenvalue weighted by molar-refractivity contribution is 5.81. The van der Waals surface area contributed by atoms with Crippen molar-refractivity contribution in [2.45, 2.75) is 19.3 Å². The standard InChI is InChI=1S/C25H31N3O3/c1-31-23-9-7-22(8-10-23)26-15-17-28(18-16-26)25(30)21-11-13-27(14-12-21)24(29)19-20-5-3-2-4-6-20/h2-10,21H,11-19H2,1H3. The Balaban J connectivity index is 1.23. The van der Waals surface area contributed by atoms with E-state index in [4.69, 9.17) is 4.74 Å². The minimum Gasteiger partial charge on any atom is -0.497 e. The second-order valence-electron chi connectivity index (χ2n) is 8.33. The fraction of sp³-hybridized carbons (Fsp3) is 0.440. The second-order valence-corrected chi connectivity index (χ2v) is 8.33. The van der Waals surface area contributed by atoms with Gasteiger partial charge in [0.05, 0.1) is 13.5 Å². The molecule has 0 atom stereocenters. The Hall–Kier alpha value is -3.02. The lowest BCUT2D eigenvalue weighted by Crippen LogP contribution is -2.52. The molecule has 2 saturated heterocycles. The molecule has 0 N–H and O–H groups in total. The van der Waals surface area contributed by atoms with E-state index in [-0.39, 0.29) is 17.7 Å². The highest BCUT2D eigenvalue weighted by Gasteiger charge is 2.31. The van der Waals surface area contributed by atoms with Crippen molar-refractivity contribution in [3.05, 3.63) is 60.2 Å². The highest BCUT2D eigenvalue weighted by Crippen LogP contribution is 2.24. The molecule has 2 heterocycles. The first-order valence-corrected chi connectivity index (χ1v) is 11.1. The molecule has 0 spiro atoms. The number of hydrogen-bond acceptors (Lipinski definition) is 4. The number of piperazine rings is 1. The summed E-state index contributed by atoms with van der Waals surface area (Å²) in [6, 6.07) is 17.9. The van der Waals surface area contributed by atoms with Crippen LogP contribution in [0.15, 0.2) is 54.6 Å². The van der Waals surface area contributed by atoms with E-state index in [9.17, 15) is 9.59 Å². The van der Waals surface area contributed by atoms with Crippen LogP contribution in [0.1, 0.15) is 18.4 Å². The highest BCUT2D eigenvalue weighted by atomic mass is 16.5. The van der Waals surface area contributed by atoms with Gasteiger partial charge in [0, 0.05) is 50.9 Å². The van der Waals surface area contributed by atoms with Gasteiger partial charge in [-0.05, 0) is 42.7 Å². The number of anilines is 1. The molecule has 31 heavy (non-hydrogen) atoms. The fourth-order valence-corrected chi connectivity index (χ4v) is 4.49. The van der Waals surface area contributed by atoms with Gasteiger partial charge in [-0.1, -0.05) is 30.3 Å². The normalized spacial score (nSPS) is 17.5. The van der Waals surface area contributed by atoms with E-state index in [0.29, 0.717) is 19.5 Å². The predicted octanol–water partition coefficient (Wildman–Crippen LogP) is 2.83. The summed E-state index contributed by atoms with van der Waals surface area (Å²) in [6.07, 6.45) is 1.96. The third kappa shape index (κ3) is 5.19. The van der Waals surface area contributed by atoms with Crippen molar-refractivity contribution >= 4 is 17.5 Å². The van der Waals surface area contributed by atoms with Crippen molar-refractivity contribution in [2.75, 3.05) is 51.3 Å². The molecule has 0 saturated carbocycles. The molecule has 4 rings (SSSR count). The van der Waals surface area contributed by atoms with E-state index in [0.717, 1.165) is 56.0 Å². The summed E-state index contributed by atoms with van der Waals surface area (Å²) in [6.45, 7) is 4.52. The molecular weight excluding hydrogens is 390 g/mol. The van der Waals surface area contributed by atoms with Crippen LogP contribution in [-0.2, 0) is 16.0 Å². The molecule has 2 aliphatic rings. The maximum atomic E-state index is 13.0. The van der Waals surface area contributed by atoms with Gasteiger partial charge in [0.1, 0.15) is 5.75 Å². The first-order chi connectivity index (χ1) is 15.1. The number of rotatable bonds is 5. The van der Waals surface area contributed by atoms with E-state index < -0.39 is 0 Å². The van der Waals surface area contributed by atoms with Crippen LogP contribution in [-0.4, -0.2) is 68.0 Å². The molecule has 2 amide bonds. The molecule has 2 aromatic carbocycles. The second kappa shape index (κ2) is 9.86. The Kier molecular flexibility index (Phi) is 6.75. The van der Waals surface area contributed by atoms with Crippen LogP contribution in [0.25, 0.3) is 0 Å². The Labute approximate surface area is 184 Å². The van der Waals surface area contributed by atoms with Crippen LogP contribution in [0, 0.1) is 5.92 Å². The van der Waals surface area contributed by atoms with Crippen LogP contribution in [0.5, 0.6) is 5.75 Å². The Morgan fingerprint density at radius 3 is 2.10 bits per heavy atom. The van der Waals surface area contributed by atoms with Gasteiger partial charge in [-0.3, -0.25) is 9.59 Å². The van der Waals surface area contributed by atoms with Crippen molar-refractivity contribution in [2.24, 2.45) is 5.92 Å². The fourth-order valence-electron chi connectivity index (χ4n) is 4.49. The van der Waals surface area contributed by atoms with Crippen LogP contribution in [0.4, 0.5) is 5.69 Å². The minimum absolute atomic E-state index is 0.0355. The lowest BCUT2D eigenvalue weighted by Gasteiger charge is -2.39. The van der Waals surface area contributed by atoms with Crippen LogP contribution in [0.2, 0.25) is 0 Å². The number of amides is 2. The van der Waals surface area contributed by atoms with Gasteiger partial charge in [0.25, 0.3) is 0 Å². The van der Waals surface area contributed by atoms with E-state index >= 15 is 0 Å². The summed E-state index contributed by atoms with van der Waals surface area (Å²) in [5, 5.41) is 0. The number of carbonyl (C=O) groups is 2. The zero-order valence-corrected chi connectivity index (χ0v) is 18.2. The topological polar surface area (TPSA) is 53.1 Å². The number of methoxy groups -OCH3 is 1. The minimum atomic E-state index is 0.0355. The Morgan fingerprint density at radius 1 is 0.839 bits per heavy atom. The number of piperidine rings is 1. The summed E-state index contributed by atoms with van der Waals surface area (Å²) in [7, 11) is 1.67. The first-order valence-electron chi connectivity index (χ1n) is 11.1. The van der Waals surface area contributed by atoms with Gasteiger partial charge in [-0.15, -0.1) is 0 Å². The maximum absolute atomic E-state index is 13.0. The lowest BCUT2D eigenvalue weighted by molar-refractivity contribution is -0.140. The van der Waals surface area contributed by atoms with Gasteiger partial charge in [-0.2, -0.15) is 0 Å². The molecule has 164 valence electrons. The van der Waals surface area contributed by atoms with Gasteiger partial charge in [-0.25, -0.2) is 0 Å². The summed E-state index contributed by atoms with van der Waals surface area (Å²) in [4.78, 5) is 31.8. The summed E-state index contributed by atoms with van der Waals surface area (Å²) in [5.41, 5.74) is 2.21.